The summed E-state index contributed by atoms with van der Waals surface area (Å²) in [7, 11) is 0. The number of aromatic nitrogens is 1. The molecule has 0 bridgehead atoms. The standard InChI is InChI=1S/C11H20N4S/c1-2-12-3-7-15(6-1)8-4-13-10-11-14-5-9-16-11/h5,9,12-13H,1-4,6-8,10H2. The summed E-state index contributed by atoms with van der Waals surface area (Å²) in [6.07, 6.45) is 3.13. The van der Waals surface area contributed by atoms with Crippen LogP contribution >= 0.6 is 11.3 Å². The molecule has 1 aromatic heterocycles. The molecule has 16 heavy (non-hydrogen) atoms. The van der Waals surface area contributed by atoms with Gasteiger partial charge in [-0.3, -0.25) is 0 Å². The van der Waals surface area contributed by atoms with Crippen LogP contribution in [-0.4, -0.2) is 49.2 Å². The summed E-state index contributed by atoms with van der Waals surface area (Å²) in [6, 6.07) is 0. The monoisotopic (exact) mass is 240 g/mol. The number of nitrogens with zero attached hydrogens (tertiary/aromatic N) is 2. The zero-order valence-electron chi connectivity index (χ0n) is 9.61. The maximum Gasteiger partial charge on any atom is 0.106 e. The van der Waals surface area contributed by atoms with Crippen LogP contribution in [0.3, 0.4) is 0 Å². The zero-order chi connectivity index (χ0) is 11.1. The Hall–Kier alpha value is -0.490. The van der Waals surface area contributed by atoms with E-state index in [-0.39, 0.29) is 0 Å². The molecule has 4 nitrogen and oxygen atoms in total. The number of nitrogens with one attached hydrogen (secondary N) is 2. The van der Waals surface area contributed by atoms with Gasteiger partial charge in [0.05, 0.1) is 0 Å². The van der Waals surface area contributed by atoms with E-state index in [1.807, 2.05) is 11.6 Å². The fourth-order valence-electron chi connectivity index (χ4n) is 1.90. The minimum Gasteiger partial charge on any atom is -0.315 e. The Labute approximate surface area is 101 Å². The third-order valence-electron chi connectivity index (χ3n) is 2.80. The Bertz CT molecular complexity index is 268. The second-order valence-corrected chi connectivity index (χ2v) is 5.03. The normalized spacial score (nSPS) is 18.5. The van der Waals surface area contributed by atoms with Gasteiger partial charge in [0.1, 0.15) is 5.01 Å². The summed E-state index contributed by atoms with van der Waals surface area (Å²) in [5.41, 5.74) is 0. The van der Waals surface area contributed by atoms with Gasteiger partial charge in [-0.05, 0) is 19.5 Å². The van der Waals surface area contributed by atoms with Crippen LogP contribution < -0.4 is 10.6 Å². The first-order chi connectivity index (χ1) is 7.95. The predicted octanol–water partition coefficient (Wildman–Crippen LogP) is 0.528. The van der Waals surface area contributed by atoms with Gasteiger partial charge in [0.2, 0.25) is 0 Å². The SMILES string of the molecule is c1csc(CNCCN2CCCNCC2)n1. The number of hydrogen-bond acceptors (Lipinski definition) is 5. The number of thiazole rings is 1. The van der Waals surface area contributed by atoms with Crippen molar-refractivity contribution in [1.29, 1.82) is 0 Å². The van der Waals surface area contributed by atoms with Crippen LogP contribution in [0.15, 0.2) is 11.6 Å². The van der Waals surface area contributed by atoms with Crippen molar-refractivity contribution in [3.05, 3.63) is 16.6 Å². The first kappa shape index (κ1) is 12.0. The molecule has 0 aromatic carbocycles. The molecule has 2 heterocycles. The smallest absolute Gasteiger partial charge is 0.106 e. The Morgan fingerprint density at radius 3 is 3.31 bits per heavy atom. The Balaban J connectivity index is 1.56. The molecule has 1 aliphatic rings. The lowest BCUT2D eigenvalue weighted by Crippen LogP contribution is -2.34. The molecular formula is C11H20N4S. The first-order valence-electron chi connectivity index (χ1n) is 5.97. The lowest BCUT2D eigenvalue weighted by atomic mass is 10.4. The molecule has 2 N–H and O–H groups in total. The number of rotatable bonds is 5. The third kappa shape index (κ3) is 4.17. The maximum absolute atomic E-state index is 4.25. The molecule has 0 saturated carbocycles. The maximum atomic E-state index is 4.25. The second kappa shape index (κ2) is 6.96. The summed E-state index contributed by atoms with van der Waals surface area (Å²) >= 11 is 1.72. The zero-order valence-corrected chi connectivity index (χ0v) is 10.4. The average Bonchev–Trinajstić information content (AvgIpc) is 2.68. The summed E-state index contributed by atoms with van der Waals surface area (Å²) in [5, 5.41) is 10.1. The minimum atomic E-state index is 0.907. The molecule has 0 atom stereocenters. The minimum absolute atomic E-state index is 0.907. The van der Waals surface area contributed by atoms with Gasteiger partial charge in [0, 0.05) is 44.3 Å². The van der Waals surface area contributed by atoms with Crippen molar-refractivity contribution < 1.29 is 0 Å². The van der Waals surface area contributed by atoms with E-state index in [4.69, 9.17) is 0 Å². The summed E-state index contributed by atoms with van der Waals surface area (Å²) < 4.78 is 0. The van der Waals surface area contributed by atoms with Gasteiger partial charge in [-0.25, -0.2) is 4.98 Å². The van der Waals surface area contributed by atoms with Crippen molar-refractivity contribution in [2.45, 2.75) is 13.0 Å². The summed E-state index contributed by atoms with van der Waals surface area (Å²) in [4.78, 5) is 6.77. The van der Waals surface area contributed by atoms with Crippen LogP contribution in [-0.2, 0) is 6.54 Å². The molecule has 1 aromatic rings. The molecule has 0 radical (unpaired) electrons. The molecule has 5 heteroatoms. The highest BCUT2D eigenvalue weighted by Gasteiger charge is 2.07. The Kier molecular flexibility index (Phi) is 5.21. The highest BCUT2D eigenvalue weighted by Crippen LogP contribution is 2.02. The molecule has 90 valence electrons. The van der Waals surface area contributed by atoms with Crippen LogP contribution in [0.2, 0.25) is 0 Å². The predicted molar refractivity (Wildman–Crippen MR) is 67.7 cm³/mol. The second-order valence-electron chi connectivity index (χ2n) is 4.05. The van der Waals surface area contributed by atoms with Gasteiger partial charge in [0.15, 0.2) is 0 Å². The van der Waals surface area contributed by atoms with Crippen molar-refractivity contribution in [2.24, 2.45) is 0 Å². The van der Waals surface area contributed by atoms with Crippen molar-refractivity contribution >= 4 is 11.3 Å². The van der Waals surface area contributed by atoms with E-state index in [1.54, 1.807) is 11.3 Å². The molecular weight excluding hydrogens is 220 g/mol. The lowest BCUT2D eigenvalue weighted by molar-refractivity contribution is 0.291. The highest BCUT2D eigenvalue weighted by molar-refractivity contribution is 7.09. The van der Waals surface area contributed by atoms with E-state index in [2.05, 4.69) is 20.5 Å². The van der Waals surface area contributed by atoms with E-state index in [0.717, 1.165) is 26.2 Å². The van der Waals surface area contributed by atoms with E-state index in [0.29, 0.717) is 0 Å². The molecule has 1 aliphatic heterocycles. The highest BCUT2D eigenvalue weighted by atomic mass is 32.1. The molecule has 0 aliphatic carbocycles. The Morgan fingerprint density at radius 2 is 2.44 bits per heavy atom. The summed E-state index contributed by atoms with van der Waals surface area (Å²) in [6.45, 7) is 7.82. The van der Waals surface area contributed by atoms with Crippen LogP contribution in [0, 0.1) is 0 Å². The summed E-state index contributed by atoms with van der Waals surface area (Å²) in [5.74, 6) is 0. The van der Waals surface area contributed by atoms with Crippen molar-refractivity contribution in [3.63, 3.8) is 0 Å². The van der Waals surface area contributed by atoms with E-state index < -0.39 is 0 Å². The molecule has 0 spiro atoms. The molecule has 0 unspecified atom stereocenters. The largest absolute Gasteiger partial charge is 0.315 e. The number of hydrogen-bond donors (Lipinski definition) is 2. The van der Waals surface area contributed by atoms with E-state index >= 15 is 0 Å². The molecule has 0 amide bonds. The van der Waals surface area contributed by atoms with Gasteiger partial charge in [-0.1, -0.05) is 0 Å². The third-order valence-corrected chi connectivity index (χ3v) is 3.58. The fraction of sp³-hybridized carbons (Fsp3) is 0.727. The van der Waals surface area contributed by atoms with E-state index in [9.17, 15) is 0 Å². The Morgan fingerprint density at radius 1 is 1.44 bits per heavy atom. The van der Waals surface area contributed by atoms with E-state index in [1.165, 1.54) is 31.1 Å². The molecule has 1 saturated heterocycles. The quantitative estimate of drug-likeness (QED) is 0.737. The fourth-order valence-corrected chi connectivity index (χ4v) is 2.48. The van der Waals surface area contributed by atoms with Crippen LogP contribution in [0.5, 0.6) is 0 Å². The molecule has 2 rings (SSSR count). The van der Waals surface area contributed by atoms with Crippen molar-refractivity contribution in [2.75, 3.05) is 39.3 Å². The van der Waals surface area contributed by atoms with Crippen molar-refractivity contribution in [1.82, 2.24) is 20.5 Å². The van der Waals surface area contributed by atoms with Gasteiger partial charge >= 0.3 is 0 Å². The molecule has 1 fully saturated rings. The van der Waals surface area contributed by atoms with Gasteiger partial charge in [0.25, 0.3) is 0 Å². The van der Waals surface area contributed by atoms with Gasteiger partial charge in [-0.15, -0.1) is 11.3 Å². The van der Waals surface area contributed by atoms with Crippen LogP contribution in [0.1, 0.15) is 11.4 Å². The van der Waals surface area contributed by atoms with Gasteiger partial charge in [-0.2, -0.15) is 0 Å². The average molecular weight is 240 g/mol. The van der Waals surface area contributed by atoms with Crippen molar-refractivity contribution in [3.8, 4) is 0 Å². The first-order valence-corrected chi connectivity index (χ1v) is 6.85. The lowest BCUT2D eigenvalue weighted by Gasteiger charge is -2.19. The van der Waals surface area contributed by atoms with Crippen LogP contribution in [0.4, 0.5) is 0 Å². The van der Waals surface area contributed by atoms with Gasteiger partial charge < -0.3 is 15.5 Å². The topological polar surface area (TPSA) is 40.2 Å². The van der Waals surface area contributed by atoms with Crippen LogP contribution in [0.25, 0.3) is 0 Å².